The maximum Gasteiger partial charge on any atom is 0.234 e. The first-order valence-electron chi connectivity index (χ1n) is 5.85. The zero-order valence-corrected chi connectivity index (χ0v) is 11.4. The number of carbonyl (C=O) groups is 1. The van der Waals surface area contributed by atoms with Crippen molar-refractivity contribution in [2.75, 3.05) is 16.8 Å². The number of anilines is 2. The van der Waals surface area contributed by atoms with Crippen LogP contribution in [-0.4, -0.2) is 16.6 Å². The number of carbonyl (C=O) groups excluding carboxylic acids is 1. The Bertz CT molecular complexity index is 552. The Morgan fingerprint density at radius 2 is 2.16 bits per heavy atom. The van der Waals surface area contributed by atoms with Gasteiger partial charge in [-0.25, -0.2) is 4.98 Å². The lowest BCUT2D eigenvalue weighted by atomic mass is 10.1. The first-order valence-corrected chi connectivity index (χ1v) is 6.84. The van der Waals surface area contributed by atoms with Crippen molar-refractivity contribution < 1.29 is 4.79 Å². The van der Waals surface area contributed by atoms with Crippen LogP contribution in [0.15, 0.2) is 47.6 Å². The Hall–Kier alpha value is -2.01. The predicted molar refractivity (Wildman–Crippen MR) is 79.2 cm³/mol. The predicted octanol–water partition coefficient (Wildman–Crippen LogP) is 2.70. The SMILES string of the molecule is Cc1cccc(N)c1NC(=O)CSc1ccccn1. The average Bonchev–Trinajstić information content (AvgIpc) is 2.42. The molecule has 0 unspecified atom stereocenters. The second-order valence-corrected chi connectivity index (χ2v) is 5.04. The van der Waals surface area contributed by atoms with Gasteiger partial charge in [0.1, 0.15) is 0 Å². The molecule has 0 spiro atoms. The minimum atomic E-state index is -0.0864. The molecular formula is C14H15N3OS. The van der Waals surface area contributed by atoms with Gasteiger partial charge in [0.05, 0.1) is 22.2 Å². The number of nitrogens with zero attached hydrogens (tertiary/aromatic N) is 1. The monoisotopic (exact) mass is 273 g/mol. The van der Waals surface area contributed by atoms with Gasteiger partial charge in [0, 0.05) is 6.20 Å². The molecule has 19 heavy (non-hydrogen) atoms. The van der Waals surface area contributed by atoms with E-state index in [2.05, 4.69) is 10.3 Å². The number of aryl methyl sites for hydroxylation is 1. The summed E-state index contributed by atoms with van der Waals surface area (Å²) in [5.74, 6) is 0.224. The van der Waals surface area contributed by atoms with Gasteiger partial charge in [-0.1, -0.05) is 30.0 Å². The minimum Gasteiger partial charge on any atom is -0.397 e. The number of nitrogen functional groups attached to an aromatic ring is 1. The average molecular weight is 273 g/mol. The van der Waals surface area contributed by atoms with Crippen LogP contribution in [0, 0.1) is 6.92 Å². The summed E-state index contributed by atoms with van der Waals surface area (Å²) in [5.41, 5.74) is 8.07. The molecule has 1 heterocycles. The molecule has 1 aromatic carbocycles. The lowest BCUT2D eigenvalue weighted by Gasteiger charge is -2.10. The van der Waals surface area contributed by atoms with Crippen LogP contribution in [-0.2, 0) is 4.79 Å². The molecule has 2 aromatic rings. The van der Waals surface area contributed by atoms with Gasteiger partial charge in [0.15, 0.2) is 0 Å². The smallest absolute Gasteiger partial charge is 0.234 e. The molecule has 0 aliphatic heterocycles. The van der Waals surface area contributed by atoms with Gasteiger partial charge in [-0.15, -0.1) is 0 Å². The number of thioether (sulfide) groups is 1. The van der Waals surface area contributed by atoms with Gasteiger partial charge in [-0.3, -0.25) is 4.79 Å². The van der Waals surface area contributed by atoms with Crippen molar-refractivity contribution in [2.24, 2.45) is 0 Å². The van der Waals surface area contributed by atoms with Crippen LogP contribution < -0.4 is 11.1 Å². The number of hydrogen-bond acceptors (Lipinski definition) is 4. The summed E-state index contributed by atoms with van der Waals surface area (Å²) < 4.78 is 0. The molecule has 0 atom stereocenters. The van der Waals surface area contributed by atoms with Crippen LogP contribution in [0.25, 0.3) is 0 Å². The van der Waals surface area contributed by atoms with Crippen LogP contribution in [0.1, 0.15) is 5.56 Å². The summed E-state index contributed by atoms with van der Waals surface area (Å²) in [7, 11) is 0. The highest BCUT2D eigenvalue weighted by Crippen LogP contribution is 2.23. The van der Waals surface area contributed by atoms with Crippen molar-refractivity contribution >= 4 is 29.0 Å². The topological polar surface area (TPSA) is 68.0 Å². The third-order valence-electron chi connectivity index (χ3n) is 2.56. The Balaban J connectivity index is 1.95. The standard InChI is InChI=1S/C14H15N3OS/c1-10-5-4-6-11(15)14(10)17-12(18)9-19-13-7-2-3-8-16-13/h2-8H,9,15H2,1H3,(H,17,18). The van der Waals surface area contributed by atoms with Crippen LogP contribution in [0.4, 0.5) is 11.4 Å². The van der Waals surface area contributed by atoms with Gasteiger partial charge < -0.3 is 11.1 Å². The fourth-order valence-electron chi connectivity index (χ4n) is 1.61. The zero-order chi connectivity index (χ0) is 13.7. The quantitative estimate of drug-likeness (QED) is 0.664. The molecule has 0 saturated carbocycles. The van der Waals surface area contributed by atoms with E-state index in [9.17, 15) is 4.79 Å². The second-order valence-electron chi connectivity index (χ2n) is 4.04. The molecule has 0 radical (unpaired) electrons. The number of benzene rings is 1. The number of hydrogen-bond donors (Lipinski definition) is 2. The molecular weight excluding hydrogens is 258 g/mol. The summed E-state index contributed by atoms with van der Waals surface area (Å²) in [5, 5.41) is 3.67. The number of rotatable bonds is 4. The van der Waals surface area contributed by atoms with E-state index in [1.807, 2.05) is 37.3 Å². The Labute approximate surface area is 116 Å². The lowest BCUT2D eigenvalue weighted by Crippen LogP contribution is -2.16. The van der Waals surface area contributed by atoms with E-state index < -0.39 is 0 Å². The maximum atomic E-state index is 11.9. The summed E-state index contributed by atoms with van der Waals surface area (Å²) >= 11 is 1.40. The largest absolute Gasteiger partial charge is 0.397 e. The minimum absolute atomic E-state index is 0.0864. The molecule has 1 aromatic heterocycles. The number of amides is 1. The molecule has 0 bridgehead atoms. The Kier molecular flexibility index (Phi) is 4.41. The summed E-state index contributed by atoms with van der Waals surface area (Å²) in [6, 6.07) is 11.2. The third-order valence-corrected chi connectivity index (χ3v) is 3.50. The number of nitrogens with one attached hydrogen (secondary N) is 1. The van der Waals surface area contributed by atoms with E-state index in [1.54, 1.807) is 12.3 Å². The summed E-state index contributed by atoms with van der Waals surface area (Å²) in [4.78, 5) is 16.0. The van der Waals surface area contributed by atoms with Crippen LogP contribution >= 0.6 is 11.8 Å². The first-order chi connectivity index (χ1) is 9.16. The highest BCUT2D eigenvalue weighted by molar-refractivity contribution is 7.99. The zero-order valence-electron chi connectivity index (χ0n) is 10.6. The Morgan fingerprint density at radius 3 is 2.84 bits per heavy atom. The molecule has 0 aliphatic rings. The van der Waals surface area contributed by atoms with E-state index in [-0.39, 0.29) is 5.91 Å². The fourth-order valence-corrected chi connectivity index (χ4v) is 2.27. The maximum absolute atomic E-state index is 11.9. The molecule has 4 nitrogen and oxygen atoms in total. The molecule has 0 fully saturated rings. The van der Waals surface area contributed by atoms with Gasteiger partial charge in [0.25, 0.3) is 0 Å². The van der Waals surface area contributed by atoms with Gasteiger partial charge in [-0.2, -0.15) is 0 Å². The van der Waals surface area contributed by atoms with Crippen molar-refractivity contribution in [2.45, 2.75) is 11.9 Å². The van der Waals surface area contributed by atoms with E-state index in [4.69, 9.17) is 5.73 Å². The van der Waals surface area contributed by atoms with Gasteiger partial charge in [-0.05, 0) is 30.7 Å². The van der Waals surface area contributed by atoms with E-state index in [0.29, 0.717) is 17.1 Å². The van der Waals surface area contributed by atoms with Crippen LogP contribution in [0.3, 0.4) is 0 Å². The Morgan fingerprint density at radius 1 is 1.32 bits per heavy atom. The number of pyridine rings is 1. The fraction of sp³-hybridized carbons (Fsp3) is 0.143. The van der Waals surface area contributed by atoms with Crippen LogP contribution in [0.5, 0.6) is 0 Å². The third kappa shape index (κ3) is 3.72. The van der Waals surface area contributed by atoms with Crippen molar-refractivity contribution in [1.82, 2.24) is 4.98 Å². The summed E-state index contributed by atoms with van der Waals surface area (Å²) in [6.07, 6.45) is 1.71. The van der Waals surface area contributed by atoms with Gasteiger partial charge >= 0.3 is 0 Å². The molecule has 2 rings (SSSR count). The van der Waals surface area contributed by atoms with Crippen molar-refractivity contribution in [3.8, 4) is 0 Å². The summed E-state index contributed by atoms with van der Waals surface area (Å²) in [6.45, 7) is 1.91. The molecule has 1 amide bonds. The van der Waals surface area contributed by atoms with Crippen molar-refractivity contribution in [3.05, 3.63) is 48.2 Å². The molecule has 0 aliphatic carbocycles. The van der Waals surface area contributed by atoms with Crippen molar-refractivity contribution in [3.63, 3.8) is 0 Å². The first kappa shape index (κ1) is 13.4. The highest BCUT2D eigenvalue weighted by Gasteiger charge is 2.08. The molecule has 3 N–H and O–H groups in total. The van der Waals surface area contributed by atoms with Crippen LogP contribution in [0.2, 0.25) is 0 Å². The molecule has 98 valence electrons. The van der Waals surface area contributed by atoms with E-state index in [1.165, 1.54) is 11.8 Å². The normalized spacial score (nSPS) is 10.2. The second kappa shape index (κ2) is 6.24. The van der Waals surface area contributed by atoms with E-state index in [0.717, 1.165) is 10.6 Å². The number of nitrogens with two attached hydrogens (primary N) is 1. The number of para-hydroxylation sites is 1. The van der Waals surface area contributed by atoms with E-state index >= 15 is 0 Å². The molecule has 5 heteroatoms. The van der Waals surface area contributed by atoms with Gasteiger partial charge in [0.2, 0.25) is 5.91 Å². The number of aromatic nitrogens is 1. The molecule has 0 saturated heterocycles. The lowest BCUT2D eigenvalue weighted by molar-refractivity contribution is -0.113. The van der Waals surface area contributed by atoms with Crippen molar-refractivity contribution in [1.29, 1.82) is 0 Å². The highest BCUT2D eigenvalue weighted by atomic mass is 32.2.